The van der Waals surface area contributed by atoms with Gasteiger partial charge in [0.15, 0.2) is 0 Å². The van der Waals surface area contributed by atoms with Crippen LogP contribution < -0.4 is 10.2 Å². The third-order valence-electron chi connectivity index (χ3n) is 7.20. The number of nitrogens with one attached hydrogen (secondary N) is 1. The van der Waals surface area contributed by atoms with E-state index < -0.39 is 6.04 Å². The molecule has 0 spiro atoms. The van der Waals surface area contributed by atoms with Gasteiger partial charge in [0.1, 0.15) is 12.6 Å². The second-order valence-corrected chi connectivity index (χ2v) is 10.1. The number of amides is 3. The second kappa shape index (κ2) is 11.5. The average molecular weight is 520 g/mol. The quantitative estimate of drug-likeness (QED) is 0.310. The lowest BCUT2D eigenvalue weighted by atomic mass is 10.0. The molecule has 6 nitrogen and oxygen atoms in total. The van der Waals surface area contributed by atoms with Gasteiger partial charge in [-0.2, -0.15) is 0 Å². The van der Waals surface area contributed by atoms with Crippen LogP contribution in [0.4, 0.5) is 5.69 Å². The van der Waals surface area contributed by atoms with E-state index in [4.69, 9.17) is 0 Å². The zero-order chi connectivity index (χ0) is 27.4. The topological polar surface area (TPSA) is 69.7 Å². The van der Waals surface area contributed by atoms with E-state index >= 15 is 0 Å². The van der Waals surface area contributed by atoms with Crippen molar-refractivity contribution < 1.29 is 14.4 Å². The second-order valence-electron chi connectivity index (χ2n) is 10.1. The molecular weight excluding hydrogens is 486 g/mol. The van der Waals surface area contributed by atoms with Gasteiger partial charge in [0, 0.05) is 30.5 Å². The summed E-state index contributed by atoms with van der Waals surface area (Å²) >= 11 is 0. The fraction of sp³-hybridized carbons (Fsp3) is 0.242. The Kier molecular flexibility index (Phi) is 7.73. The van der Waals surface area contributed by atoms with E-state index in [2.05, 4.69) is 5.32 Å². The Morgan fingerprint density at radius 2 is 1.62 bits per heavy atom. The molecule has 6 heteroatoms. The van der Waals surface area contributed by atoms with Crippen LogP contribution in [0.2, 0.25) is 0 Å². The summed E-state index contributed by atoms with van der Waals surface area (Å²) in [7, 11) is 0. The fourth-order valence-electron chi connectivity index (χ4n) is 5.29. The maximum Gasteiger partial charge on any atom is 0.259 e. The van der Waals surface area contributed by atoms with E-state index in [1.54, 1.807) is 15.9 Å². The molecule has 1 heterocycles. The number of hydrogen-bond donors (Lipinski definition) is 1. The van der Waals surface area contributed by atoms with Crippen molar-refractivity contribution in [2.24, 2.45) is 0 Å². The summed E-state index contributed by atoms with van der Waals surface area (Å²) in [5.41, 5.74) is 4.30. The fourth-order valence-corrected chi connectivity index (χ4v) is 5.29. The van der Waals surface area contributed by atoms with E-state index in [0.717, 1.165) is 39.6 Å². The molecule has 4 aromatic carbocycles. The van der Waals surface area contributed by atoms with Gasteiger partial charge >= 0.3 is 0 Å². The van der Waals surface area contributed by atoms with Gasteiger partial charge in [-0.25, -0.2) is 0 Å². The molecule has 1 N–H and O–H groups in total. The first-order valence-corrected chi connectivity index (χ1v) is 13.5. The zero-order valence-corrected chi connectivity index (χ0v) is 22.4. The van der Waals surface area contributed by atoms with E-state index in [1.807, 2.05) is 98.8 Å². The predicted molar refractivity (Wildman–Crippen MR) is 155 cm³/mol. The molecule has 0 radical (unpaired) electrons. The van der Waals surface area contributed by atoms with Gasteiger partial charge < -0.3 is 10.2 Å². The largest absolute Gasteiger partial charge is 0.354 e. The molecule has 1 atom stereocenters. The summed E-state index contributed by atoms with van der Waals surface area (Å²) < 4.78 is 0. The predicted octanol–water partition coefficient (Wildman–Crippen LogP) is 5.27. The molecule has 0 unspecified atom stereocenters. The van der Waals surface area contributed by atoms with Crippen molar-refractivity contribution in [1.82, 2.24) is 10.2 Å². The van der Waals surface area contributed by atoms with Crippen LogP contribution in [-0.4, -0.2) is 41.8 Å². The first-order valence-electron chi connectivity index (χ1n) is 13.5. The van der Waals surface area contributed by atoms with Gasteiger partial charge in [0.25, 0.3) is 5.91 Å². The van der Waals surface area contributed by atoms with Crippen LogP contribution in [0.1, 0.15) is 40.4 Å². The van der Waals surface area contributed by atoms with Crippen LogP contribution in [0.3, 0.4) is 0 Å². The van der Waals surface area contributed by atoms with Crippen LogP contribution in [0.15, 0.2) is 91.0 Å². The third kappa shape index (κ3) is 5.55. The highest BCUT2D eigenvalue weighted by Crippen LogP contribution is 2.37. The molecule has 5 rings (SSSR count). The number of carbonyl (C=O) groups is 3. The van der Waals surface area contributed by atoms with Crippen molar-refractivity contribution in [3.05, 3.63) is 113 Å². The normalized spacial score (nSPS) is 13.0. The first kappa shape index (κ1) is 26.2. The molecule has 0 bridgehead atoms. The highest BCUT2D eigenvalue weighted by atomic mass is 16.2. The molecule has 198 valence electrons. The lowest BCUT2D eigenvalue weighted by Gasteiger charge is -2.33. The van der Waals surface area contributed by atoms with Gasteiger partial charge in [-0.1, -0.05) is 91.3 Å². The number of nitrogens with zero attached hydrogens (tertiary/aromatic N) is 2. The molecule has 39 heavy (non-hydrogen) atoms. The van der Waals surface area contributed by atoms with Gasteiger partial charge in [-0.05, 0) is 42.0 Å². The van der Waals surface area contributed by atoms with Gasteiger partial charge in [-0.3, -0.25) is 19.3 Å². The molecule has 0 saturated heterocycles. The van der Waals surface area contributed by atoms with Crippen molar-refractivity contribution in [3.63, 3.8) is 0 Å². The molecule has 4 aromatic rings. The standard InChI is InChI=1S/C33H33N3O3/c1-3-18-34-32(38)29(20-24-11-5-4-6-12-24)35(21-25-13-7-10-23(2)19-25)30(37)22-36-28-17-9-15-26-14-8-16-27(31(26)28)33(36)39/h4-17,19,29H,3,18,20-22H2,1-2H3,(H,34,38)/t29-/m1/s1. The SMILES string of the molecule is CCCNC(=O)[C@@H](Cc1ccccc1)N(Cc1cccc(C)c1)C(=O)CN1C(=O)c2cccc3cccc1c23. The maximum absolute atomic E-state index is 14.2. The molecule has 0 aliphatic carbocycles. The summed E-state index contributed by atoms with van der Waals surface area (Å²) in [5.74, 6) is -0.664. The van der Waals surface area contributed by atoms with Crippen LogP contribution in [0, 0.1) is 6.92 Å². The number of benzene rings is 4. The molecule has 0 fully saturated rings. The lowest BCUT2D eigenvalue weighted by Crippen LogP contribution is -2.53. The van der Waals surface area contributed by atoms with E-state index in [9.17, 15) is 14.4 Å². The molecule has 3 amide bonds. The molecular formula is C33H33N3O3. The summed E-state index contributed by atoms with van der Waals surface area (Å²) in [6.07, 6.45) is 1.16. The monoisotopic (exact) mass is 519 g/mol. The van der Waals surface area contributed by atoms with E-state index in [0.29, 0.717) is 18.5 Å². The Hall–Kier alpha value is -4.45. The maximum atomic E-state index is 14.2. The molecule has 1 aliphatic heterocycles. The average Bonchev–Trinajstić information content (AvgIpc) is 3.22. The van der Waals surface area contributed by atoms with Crippen molar-refractivity contribution in [2.45, 2.75) is 39.3 Å². The van der Waals surface area contributed by atoms with Gasteiger partial charge in [-0.15, -0.1) is 0 Å². The minimum atomic E-state index is -0.733. The smallest absolute Gasteiger partial charge is 0.259 e. The highest BCUT2D eigenvalue weighted by Gasteiger charge is 2.35. The zero-order valence-electron chi connectivity index (χ0n) is 22.4. The van der Waals surface area contributed by atoms with Crippen molar-refractivity contribution >= 4 is 34.2 Å². The number of anilines is 1. The third-order valence-corrected chi connectivity index (χ3v) is 7.20. The number of rotatable bonds is 10. The Bertz CT molecular complexity index is 1510. The Morgan fingerprint density at radius 3 is 2.36 bits per heavy atom. The highest BCUT2D eigenvalue weighted by molar-refractivity contribution is 6.26. The molecule has 0 aromatic heterocycles. The minimum absolute atomic E-state index is 0.148. The summed E-state index contributed by atoms with van der Waals surface area (Å²) in [6.45, 7) is 4.64. The Labute approximate surface area is 229 Å². The van der Waals surface area contributed by atoms with Crippen molar-refractivity contribution in [3.8, 4) is 0 Å². The number of hydrogen-bond acceptors (Lipinski definition) is 3. The van der Waals surface area contributed by atoms with Crippen LogP contribution >= 0.6 is 0 Å². The summed E-state index contributed by atoms with van der Waals surface area (Å²) in [6, 6.07) is 28.4. The Morgan fingerprint density at radius 1 is 0.897 bits per heavy atom. The number of aryl methyl sites for hydroxylation is 1. The summed E-state index contributed by atoms with van der Waals surface area (Å²) in [5, 5.41) is 4.83. The van der Waals surface area contributed by atoms with Gasteiger partial charge in [0.05, 0.1) is 5.69 Å². The van der Waals surface area contributed by atoms with E-state index in [1.165, 1.54) is 0 Å². The number of carbonyl (C=O) groups excluding carboxylic acids is 3. The van der Waals surface area contributed by atoms with Crippen molar-refractivity contribution in [2.75, 3.05) is 18.0 Å². The van der Waals surface area contributed by atoms with Crippen LogP contribution in [-0.2, 0) is 22.6 Å². The van der Waals surface area contributed by atoms with Crippen LogP contribution in [0.5, 0.6) is 0 Å². The molecule has 1 aliphatic rings. The minimum Gasteiger partial charge on any atom is -0.354 e. The molecule has 0 saturated carbocycles. The first-order chi connectivity index (χ1) is 19.0. The Balaban J connectivity index is 1.50. The van der Waals surface area contributed by atoms with Crippen LogP contribution in [0.25, 0.3) is 10.8 Å². The van der Waals surface area contributed by atoms with E-state index in [-0.39, 0.29) is 30.8 Å². The van der Waals surface area contributed by atoms with Crippen molar-refractivity contribution in [1.29, 1.82) is 0 Å². The van der Waals surface area contributed by atoms with Gasteiger partial charge in [0.2, 0.25) is 11.8 Å². The summed E-state index contributed by atoms with van der Waals surface area (Å²) in [4.78, 5) is 44.4. The lowest BCUT2D eigenvalue weighted by molar-refractivity contribution is -0.140.